The van der Waals surface area contributed by atoms with Gasteiger partial charge in [-0.15, -0.1) is 0 Å². The molecule has 242 valence electrons. The minimum absolute atomic E-state index is 0.180. The predicted molar refractivity (Wildman–Crippen MR) is 171 cm³/mol. The van der Waals surface area contributed by atoms with E-state index in [0.717, 1.165) is 6.42 Å². The van der Waals surface area contributed by atoms with Crippen LogP contribution in [0.15, 0.2) is 49.1 Å². The monoisotopic (exact) mass is 631 g/mol. The lowest BCUT2D eigenvalue weighted by atomic mass is 10.3. The zero-order valence-corrected chi connectivity index (χ0v) is 26.5. The van der Waals surface area contributed by atoms with Crippen LogP contribution in [0.1, 0.15) is 55.3 Å². The molecular formula is C31H37N9O6. The van der Waals surface area contributed by atoms with E-state index in [9.17, 15) is 24.0 Å². The number of likely N-dealkylation sites (N-methyl/N-ethyl adjacent to an activating group) is 1. The highest BCUT2D eigenvalue weighted by molar-refractivity contribution is 6.09. The number of hydrogen-bond donors (Lipinski definition) is 4. The van der Waals surface area contributed by atoms with Crippen LogP contribution in [0.5, 0.6) is 0 Å². The number of amides is 5. The van der Waals surface area contributed by atoms with Crippen molar-refractivity contribution in [3.63, 3.8) is 0 Å². The van der Waals surface area contributed by atoms with Crippen molar-refractivity contribution in [3.05, 3.63) is 71.8 Å². The Bertz CT molecular complexity index is 1840. The fourth-order valence-corrected chi connectivity index (χ4v) is 4.98. The topological polar surface area (TPSA) is 169 Å². The van der Waals surface area contributed by atoms with Gasteiger partial charge in [0, 0.05) is 66.6 Å². The number of nitrogens with one attached hydrogen (secondary N) is 4. The molecule has 1 saturated heterocycles. The molecule has 15 nitrogen and oxygen atoms in total. The van der Waals surface area contributed by atoms with Crippen LogP contribution in [0.2, 0.25) is 0 Å². The Morgan fingerprint density at radius 1 is 0.696 bits per heavy atom. The Kier molecular flexibility index (Phi) is 8.87. The third kappa shape index (κ3) is 6.73. The summed E-state index contributed by atoms with van der Waals surface area (Å²) in [5.74, 6) is -1.69. The number of aromatic nitrogens is 4. The molecule has 0 bridgehead atoms. The Balaban J connectivity index is 1.22. The van der Waals surface area contributed by atoms with E-state index >= 15 is 0 Å². The zero-order valence-electron chi connectivity index (χ0n) is 26.5. The van der Waals surface area contributed by atoms with Crippen LogP contribution < -0.4 is 26.2 Å². The average molecular weight is 632 g/mol. The quantitative estimate of drug-likeness (QED) is 0.185. The van der Waals surface area contributed by atoms with Crippen LogP contribution in [-0.4, -0.2) is 74.1 Å². The van der Waals surface area contributed by atoms with Crippen molar-refractivity contribution in [2.24, 2.45) is 28.2 Å². The molecule has 5 rings (SSSR count). The first-order valence-corrected chi connectivity index (χ1v) is 14.6. The van der Waals surface area contributed by atoms with Gasteiger partial charge in [-0.05, 0) is 30.7 Å². The van der Waals surface area contributed by atoms with E-state index < -0.39 is 23.8 Å². The van der Waals surface area contributed by atoms with Crippen LogP contribution in [0, 0.1) is 0 Å². The van der Waals surface area contributed by atoms with Gasteiger partial charge in [0.2, 0.25) is 0 Å². The smallest absolute Gasteiger partial charge is 0.272 e. The van der Waals surface area contributed by atoms with Crippen LogP contribution in [0.25, 0.3) is 0 Å². The molecule has 0 spiro atoms. The van der Waals surface area contributed by atoms with E-state index in [2.05, 4.69) is 21.3 Å². The highest BCUT2D eigenvalue weighted by Crippen LogP contribution is 2.23. The fourth-order valence-electron chi connectivity index (χ4n) is 4.98. The second-order valence-electron chi connectivity index (χ2n) is 11.2. The van der Waals surface area contributed by atoms with E-state index in [-0.39, 0.29) is 23.2 Å². The molecule has 5 heterocycles. The van der Waals surface area contributed by atoms with E-state index in [1.165, 1.54) is 11.0 Å². The summed E-state index contributed by atoms with van der Waals surface area (Å²) < 4.78 is 11.5. The summed E-state index contributed by atoms with van der Waals surface area (Å²) in [5, 5.41) is 11.2. The maximum atomic E-state index is 13.2. The normalized spacial score (nSPS) is 13.7. The molecule has 1 aliphatic rings. The Labute approximate surface area is 265 Å². The molecule has 4 aromatic rings. The van der Waals surface area contributed by atoms with Gasteiger partial charge in [-0.25, -0.2) is 0 Å². The third-order valence-corrected chi connectivity index (χ3v) is 7.57. The number of carbonyl (C=O) groups is 5. The lowest BCUT2D eigenvalue weighted by molar-refractivity contribution is -0.119. The number of rotatable bonds is 11. The van der Waals surface area contributed by atoms with Crippen molar-refractivity contribution in [3.8, 4) is 0 Å². The van der Waals surface area contributed by atoms with E-state index in [0.29, 0.717) is 47.3 Å². The largest absolute Gasteiger partial charge is 0.363 e. The van der Waals surface area contributed by atoms with Gasteiger partial charge in [-0.2, -0.15) is 0 Å². The van der Waals surface area contributed by atoms with Gasteiger partial charge < -0.3 is 49.2 Å². The molecule has 0 saturated carbocycles. The number of aryl methyl sites for hydroxylation is 4. The van der Waals surface area contributed by atoms with Crippen LogP contribution in [0.3, 0.4) is 0 Å². The van der Waals surface area contributed by atoms with E-state index in [1.54, 1.807) is 96.5 Å². The van der Waals surface area contributed by atoms with Crippen molar-refractivity contribution in [2.45, 2.75) is 19.4 Å². The summed E-state index contributed by atoms with van der Waals surface area (Å²) in [6.45, 7) is 2.91. The standard InChI is InChI=1S/C31H37N9O6/c1-7-8-32-27(41)22-9-18(13-36(22)2)33-28(42)23-10-19(14-37(23)3)34-29(43)24-11-20(15-38(24)4)35-30(44)25-12-21(16-39(25)5)40(6)31(45)26-17-46-26/h9-16,26H,7-8,17H2,1-6H3,(H,32,41)(H,33,42)(H,34,43)(H,35,44). The summed E-state index contributed by atoms with van der Waals surface area (Å²) >= 11 is 0. The third-order valence-electron chi connectivity index (χ3n) is 7.57. The molecule has 1 atom stereocenters. The first kappa shape index (κ1) is 31.8. The van der Waals surface area contributed by atoms with Gasteiger partial charge in [0.1, 0.15) is 22.8 Å². The molecule has 15 heteroatoms. The van der Waals surface area contributed by atoms with Crippen LogP contribution >= 0.6 is 0 Å². The SMILES string of the molecule is CCCNC(=O)c1cc(NC(=O)c2cc(NC(=O)c3cc(NC(=O)c4cc(N(C)C(=O)C5CO5)cn4C)cn3C)cn2C)cn1C. The predicted octanol–water partition coefficient (Wildman–Crippen LogP) is 2.30. The van der Waals surface area contributed by atoms with E-state index in [4.69, 9.17) is 4.74 Å². The minimum Gasteiger partial charge on any atom is -0.363 e. The van der Waals surface area contributed by atoms with E-state index in [1.807, 2.05) is 6.92 Å². The summed E-state index contributed by atoms with van der Waals surface area (Å²) in [4.78, 5) is 65.4. The molecule has 0 radical (unpaired) electrons. The summed E-state index contributed by atoms with van der Waals surface area (Å²) in [5.41, 5.74) is 3.10. The van der Waals surface area contributed by atoms with Crippen LogP contribution in [-0.2, 0) is 37.7 Å². The number of carbonyl (C=O) groups excluding carboxylic acids is 5. The Hall–Kier alpha value is -5.57. The fraction of sp³-hybridized carbons (Fsp3) is 0.323. The van der Waals surface area contributed by atoms with Crippen molar-refractivity contribution < 1.29 is 28.7 Å². The van der Waals surface area contributed by atoms with Gasteiger partial charge in [0.05, 0.1) is 29.4 Å². The molecule has 0 aliphatic carbocycles. The van der Waals surface area contributed by atoms with Gasteiger partial charge >= 0.3 is 0 Å². The molecule has 4 N–H and O–H groups in total. The highest BCUT2D eigenvalue weighted by Gasteiger charge is 2.34. The molecule has 0 aromatic carbocycles. The van der Waals surface area contributed by atoms with Crippen LogP contribution in [0.4, 0.5) is 22.7 Å². The Morgan fingerprint density at radius 3 is 1.50 bits per heavy atom. The second-order valence-corrected chi connectivity index (χ2v) is 11.2. The first-order valence-electron chi connectivity index (χ1n) is 14.6. The Morgan fingerprint density at radius 2 is 1.09 bits per heavy atom. The maximum absolute atomic E-state index is 13.2. The number of nitrogens with zero attached hydrogens (tertiary/aromatic N) is 5. The molecule has 1 aliphatic heterocycles. The lowest BCUT2D eigenvalue weighted by Crippen LogP contribution is -2.30. The summed E-state index contributed by atoms with van der Waals surface area (Å²) in [7, 11) is 8.40. The van der Waals surface area contributed by atoms with Gasteiger partial charge in [-0.3, -0.25) is 24.0 Å². The molecule has 46 heavy (non-hydrogen) atoms. The summed E-state index contributed by atoms with van der Waals surface area (Å²) in [6.07, 6.45) is 6.91. The lowest BCUT2D eigenvalue weighted by Gasteiger charge is -2.13. The van der Waals surface area contributed by atoms with Crippen molar-refractivity contribution in [1.29, 1.82) is 0 Å². The number of ether oxygens (including phenoxy) is 1. The number of hydrogen-bond acceptors (Lipinski definition) is 6. The van der Waals surface area contributed by atoms with Gasteiger partial charge in [-0.1, -0.05) is 6.92 Å². The van der Waals surface area contributed by atoms with Crippen molar-refractivity contribution in [2.75, 3.05) is 41.0 Å². The molecular weight excluding hydrogens is 594 g/mol. The molecule has 1 fully saturated rings. The summed E-state index contributed by atoms with van der Waals surface area (Å²) in [6, 6.07) is 6.29. The zero-order chi connectivity index (χ0) is 33.3. The average Bonchev–Trinajstić information content (AvgIpc) is 3.31. The number of epoxide rings is 1. The maximum Gasteiger partial charge on any atom is 0.272 e. The number of anilines is 4. The van der Waals surface area contributed by atoms with Gasteiger partial charge in [0.25, 0.3) is 29.5 Å². The molecule has 1 unspecified atom stereocenters. The first-order chi connectivity index (χ1) is 21.9. The van der Waals surface area contributed by atoms with Crippen molar-refractivity contribution >= 4 is 52.3 Å². The highest BCUT2D eigenvalue weighted by atomic mass is 16.6. The molecule has 4 aromatic heterocycles. The van der Waals surface area contributed by atoms with Gasteiger partial charge in [0.15, 0.2) is 6.10 Å². The second kappa shape index (κ2) is 12.8. The minimum atomic E-state index is -0.449. The van der Waals surface area contributed by atoms with Crippen molar-refractivity contribution in [1.82, 2.24) is 23.6 Å². The molecule has 5 amide bonds.